The number of ether oxygens (including phenoxy) is 1. The lowest BCUT2D eigenvalue weighted by atomic mass is 9.80. The average molecular weight is 686 g/mol. The van der Waals surface area contributed by atoms with E-state index in [0.29, 0.717) is 45.6 Å². The third-order valence-electron chi connectivity index (χ3n) is 10.0. The molecule has 0 spiro atoms. The summed E-state index contributed by atoms with van der Waals surface area (Å²) in [6.07, 6.45) is 5.16. The van der Waals surface area contributed by atoms with E-state index in [4.69, 9.17) is 9.73 Å². The Bertz CT molecular complexity index is 2050. The molecule has 7 rings (SSSR count). The predicted molar refractivity (Wildman–Crippen MR) is 182 cm³/mol. The quantitative estimate of drug-likeness (QED) is 0.306. The second-order valence-electron chi connectivity index (χ2n) is 13.1. The summed E-state index contributed by atoms with van der Waals surface area (Å²) in [6.45, 7) is 1.79. The van der Waals surface area contributed by atoms with Crippen LogP contribution in [0, 0.1) is 11.7 Å². The number of likely N-dealkylation sites (tertiary alicyclic amines) is 1. The molecule has 1 amide bonds. The van der Waals surface area contributed by atoms with Crippen LogP contribution < -0.4 is 15.4 Å². The molecular weight excluding hydrogens is 646 g/mol. The molecule has 4 heterocycles. The molecule has 0 radical (unpaired) electrons. The molecule has 49 heavy (non-hydrogen) atoms. The number of aromatic nitrogens is 1. The van der Waals surface area contributed by atoms with E-state index in [1.807, 2.05) is 87.4 Å². The fourth-order valence-corrected chi connectivity index (χ4v) is 8.88. The molecule has 256 valence electrons. The van der Waals surface area contributed by atoms with Crippen molar-refractivity contribution in [1.82, 2.24) is 18.7 Å². The van der Waals surface area contributed by atoms with Crippen LogP contribution in [0.2, 0.25) is 0 Å². The van der Waals surface area contributed by atoms with Crippen molar-refractivity contribution in [3.63, 3.8) is 0 Å². The Labute approximate surface area is 285 Å². The molecule has 2 atom stereocenters. The van der Waals surface area contributed by atoms with Gasteiger partial charge in [0, 0.05) is 67.9 Å². The van der Waals surface area contributed by atoms with E-state index >= 15 is 0 Å². The van der Waals surface area contributed by atoms with Crippen molar-refractivity contribution in [3.05, 3.63) is 113 Å². The molecule has 0 saturated carbocycles. The number of benzene rings is 3. The molecule has 1 N–H and O–H groups in total. The van der Waals surface area contributed by atoms with Gasteiger partial charge in [0.05, 0.1) is 12.7 Å². The van der Waals surface area contributed by atoms with E-state index < -0.39 is 33.3 Å². The number of hydrogen-bond donors (Lipinski definition) is 1. The van der Waals surface area contributed by atoms with E-state index in [1.165, 1.54) is 22.5 Å². The summed E-state index contributed by atoms with van der Waals surface area (Å²) in [4.78, 5) is 22.4. The minimum Gasteiger partial charge on any atom is -0.497 e. The maximum Gasteiger partial charge on any atom is 0.246 e. The molecule has 12 heteroatoms. The normalized spacial score (nSPS) is 21.0. The second kappa shape index (κ2) is 13.4. The Kier molecular flexibility index (Phi) is 9.03. The average Bonchev–Trinajstić information content (AvgIpc) is 3.55. The number of nitrogens with zero attached hydrogens (tertiary/aromatic N) is 5. The molecule has 3 aliphatic heterocycles. The topological polar surface area (TPSA) is 108 Å². The molecule has 2 fully saturated rings. The zero-order valence-electron chi connectivity index (χ0n) is 27.4. The highest BCUT2D eigenvalue weighted by Gasteiger charge is 2.43. The van der Waals surface area contributed by atoms with Gasteiger partial charge in [0.2, 0.25) is 15.9 Å². The molecule has 1 aromatic heterocycles. The van der Waals surface area contributed by atoms with Crippen molar-refractivity contribution in [2.75, 3.05) is 46.5 Å². The Morgan fingerprint density at radius 1 is 0.980 bits per heavy atom. The largest absolute Gasteiger partial charge is 0.497 e. The first-order chi connectivity index (χ1) is 23.6. The second-order valence-corrected chi connectivity index (χ2v) is 15.0. The standard InChI is InChI=1S/C37H40FN5O5S/c1-48-30-13-11-29(12-14-30)43-20-15-28-23-40(26-39-35(28)43)25-37(45)17-21-41(22-18-37)36(44)31-16-19-42(24-32(31)27-7-3-2-4-8-27)49(46,47)34-10-6-5-9-33(34)38/h2-15,20,23,31-32,45H,16-19,21-22,24-26H2,1H3/t31-,32+/m1/s1. The van der Waals surface area contributed by atoms with Gasteiger partial charge in [-0.05, 0) is 67.3 Å². The first kappa shape index (κ1) is 33.0. The fraction of sp³-hybridized carbons (Fsp3) is 0.351. The van der Waals surface area contributed by atoms with Crippen LogP contribution in [-0.2, 0) is 14.8 Å². The van der Waals surface area contributed by atoms with Gasteiger partial charge in [-0.1, -0.05) is 42.5 Å². The first-order valence-electron chi connectivity index (χ1n) is 16.6. The number of rotatable bonds is 8. The third kappa shape index (κ3) is 6.60. The SMILES string of the molecule is COc1ccc(-n2ccc3c2=NCN(CC2(O)CCN(C(=O)[C@@H]4CCN(S(=O)(=O)c5ccccc5F)C[C@H]4c4ccccc4)CC2)C=3)cc1. The van der Waals surface area contributed by atoms with Crippen LogP contribution in [-0.4, -0.2) is 90.2 Å². The first-order valence-corrected chi connectivity index (χ1v) is 18.0. The highest BCUT2D eigenvalue weighted by Crippen LogP contribution is 2.37. The van der Waals surface area contributed by atoms with Gasteiger partial charge in [-0.2, -0.15) is 4.31 Å². The number of carbonyl (C=O) groups excluding carboxylic acids is 1. The summed E-state index contributed by atoms with van der Waals surface area (Å²) in [7, 11) is -2.45. The summed E-state index contributed by atoms with van der Waals surface area (Å²) in [5, 5.41) is 12.6. The number of halogens is 1. The van der Waals surface area contributed by atoms with Crippen molar-refractivity contribution in [1.29, 1.82) is 0 Å². The van der Waals surface area contributed by atoms with Crippen LogP contribution in [0.15, 0.2) is 101 Å². The zero-order chi connectivity index (χ0) is 34.2. The number of amides is 1. The van der Waals surface area contributed by atoms with Crippen molar-refractivity contribution < 1.29 is 27.4 Å². The number of β-amino-alcohol motifs (C(OH)–C–C–N with tert-alkyl or cyclic N) is 1. The van der Waals surface area contributed by atoms with Crippen LogP contribution in [0.5, 0.6) is 5.75 Å². The number of aliphatic hydroxyl groups is 1. The molecule has 4 aromatic rings. The Balaban J connectivity index is 1.02. The Morgan fingerprint density at radius 3 is 2.41 bits per heavy atom. The summed E-state index contributed by atoms with van der Waals surface area (Å²) in [5.74, 6) is -0.880. The number of sulfonamides is 1. The van der Waals surface area contributed by atoms with Crippen molar-refractivity contribution in [2.45, 2.75) is 35.7 Å². The van der Waals surface area contributed by atoms with Gasteiger partial charge in [0.1, 0.15) is 28.6 Å². The van der Waals surface area contributed by atoms with E-state index in [1.54, 1.807) is 7.11 Å². The molecule has 0 aliphatic carbocycles. The zero-order valence-corrected chi connectivity index (χ0v) is 28.2. The van der Waals surface area contributed by atoms with Crippen LogP contribution in [0.4, 0.5) is 4.39 Å². The van der Waals surface area contributed by atoms with Gasteiger partial charge in [0.15, 0.2) is 0 Å². The van der Waals surface area contributed by atoms with Crippen LogP contribution in [0.1, 0.15) is 30.7 Å². The molecule has 0 unspecified atom stereocenters. The van der Waals surface area contributed by atoms with Crippen molar-refractivity contribution in [3.8, 4) is 11.4 Å². The summed E-state index contributed by atoms with van der Waals surface area (Å²) in [5.41, 5.74) is 1.71. The smallest absolute Gasteiger partial charge is 0.246 e. The van der Waals surface area contributed by atoms with Gasteiger partial charge in [-0.15, -0.1) is 0 Å². The van der Waals surface area contributed by atoms with E-state index in [-0.39, 0.29) is 23.9 Å². The molecule has 3 aromatic carbocycles. The van der Waals surface area contributed by atoms with E-state index in [0.717, 1.165) is 33.8 Å². The molecular formula is C37H40FN5O5S. The Morgan fingerprint density at radius 2 is 1.69 bits per heavy atom. The van der Waals surface area contributed by atoms with Gasteiger partial charge in [0.25, 0.3) is 0 Å². The molecule has 0 bridgehead atoms. The predicted octanol–water partition coefficient (Wildman–Crippen LogP) is 3.10. The molecule has 10 nitrogen and oxygen atoms in total. The summed E-state index contributed by atoms with van der Waals surface area (Å²) in [6, 6.07) is 24.7. The number of methoxy groups -OCH3 is 1. The number of piperidine rings is 2. The van der Waals surface area contributed by atoms with Gasteiger partial charge in [-0.3, -0.25) is 4.79 Å². The Hall–Kier alpha value is -4.52. The highest BCUT2D eigenvalue weighted by atomic mass is 32.2. The van der Waals surface area contributed by atoms with E-state index in [9.17, 15) is 22.7 Å². The number of hydrogen-bond acceptors (Lipinski definition) is 7. The van der Waals surface area contributed by atoms with Gasteiger partial charge in [-0.25, -0.2) is 17.8 Å². The minimum absolute atomic E-state index is 0.0390. The number of fused-ring (bicyclic) bond motifs is 1. The lowest BCUT2D eigenvalue weighted by Crippen LogP contribution is -2.55. The lowest BCUT2D eigenvalue weighted by molar-refractivity contribution is -0.142. The van der Waals surface area contributed by atoms with E-state index in [2.05, 4.69) is 0 Å². The lowest BCUT2D eigenvalue weighted by Gasteiger charge is -2.44. The monoisotopic (exact) mass is 685 g/mol. The summed E-state index contributed by atoms with van der Waals surface area (Å²) < 4.78 is 50.2. The van der Waals surface area contributed by atoms with Crippen LogP contribution in [0.25, 0.3) is 11.9 Å². The van der Waals surface area contributed by atoms with Gasteiger partial charge < -0.3 is 24.2 Å². The molecule has 2 saturated heterocycles. The van der Waals surface area contributed by atoms with Gasteiger partial charge >= 0.3 is 0 Å². The van der Waals surface area contributed by atoms with Crippen molar-refractivity contribution in [2.24, 2.45) is 10.9 Å². The number of carbonyl (C=O) groups is 1. The summed E-state index contributed by atoms with van der Waals surface area (Å²) >= 11 is 0. The maximum absolute atomic E-state index is 14.6. The van der Waals surface area contributed by atoms with Crippen molar-refractivity contribution >= 4 is 22.1 Å². The third-order valence-corrected chi connectivity index (χ3v) is 11.9. The van der Waals surface area contributed by atoms with Crippen LogP contribution in [0.3, 0.4) is 0 Å². The minimum atomic E-state index is -4.09. The van der Waals surface area contributed by atoms with Crippen LogP contribution >= 0.6 is 0 Å². The molecule has 3 aliphatic rings. The fourth-order valence-electron chi connectivity index (χ4n) is 7.33. The highest BCUT2D eigenvalue weighted by molar-refractivity contribution is 7.89. The maximum atomic E-state index is 14.6.